The molecule has 0 bridgehead atoms. The van der Waals surface area contributed by atoms with Crippen molar-refractivity contribution in [3.63, 3.8) is 0 Å². The molecule has 1 saturated carbocycles. The first kappa shape index (κ1) is 21.3. The van der Waals surface area contributed by atoms with Crippen LogP contribution in [0.5, 0.6) is 0 Å². The van der Waals surface area contributed by atoms with Gasteiger partial charge in [0.2, 0.25) is 5.91 Å². The van der Waals surface area contributed by atoms with Crippen molar-refractivity contribution in [2.45, 2.75) is 58.7 Å². The number of benzene rings is 1. The minimum absolute atomic E-state index is 0.104. The molecule has 7 nitrogen and oxygen atoms in total. The second-order valence-electron chi connectivity index (χ2n) is 8.60. The molecule has 0 N–H and O–H groups in total. The molecule has 1 aliphatic heterocycles. The molecule has 2 amide bonds. The third-order valence-electron chi connectivity index (χ3n) is 5.64. The summed E-state index contributed by atoms with van der Waals surface area (Å²) in [6, 6.07) is 5.24. The number of fused-ring (bicyclic) bond motifs is 1. The van der Waals surface area contributed by atoms with E-state index < -0.39 is 17.9 Å². The maximum absolute atomic E-state index is 13.2. The lowest BCUT2D eigenvalue weighted by molar-refractivity contribution is -0.117. The van der Waals surface area contributed by atoms with Crippen LogP contribution in [0.25, 0.3) is 11.1 Å². The Morgan fingerprint density at radius 3 is 2.58 bits per heavy atom. The lowest BCUT2D eigenvalue weighted by Crippen LogP contribution is -2.51. The van der Waals surface area contributed by atoms with Crippen LogP contribution < -0.4 is 9.80 Å². The first-order chi connectivity index (χ1) is 14.6. The van der Waals surface area contributed by atoms with Crippen LogP contribution in [0.4, 0.5) is 25.0 Å². The fourth-order valence-corrected chi connectivity index (χ4v) is 4.03. The minimum atomic E-state index is -2.60. The number of ether oxygens (including phenoxy) is 1. The van der Waals surface area contributed by atoms with Gasteiger partial charge in [-0.05, 0) is 38.5 Å². The molecule has 0 spiro atoms. The molecule has 2 atom stereocenters. The zero-order valence-electron chi connectivity index (χ0n) is 18.0. The molecule has 9 heteroatoms. The van der Waals surface area contributed by atoms with Crippen molar-refractivity contribution in [1.82, 2.24) is 9.78 Å². The van der Waals surface area contributed by atoms with E-state index in [1.54, 1.807) is 37.2 Å². The summed E-state index contributed by atoms with van der Waals surface area (Å²) >= 11 is 0. The normalized spacial score (nSPS) is 21.8. The second-order valence-corrected chi connectivity index (χ2v) is 8.60. The van der Waals surface area contributed by atoms with Gasteiger partial charge in [0, 0.05) is 44.1 Å². The summed E-state index contributed by atoms with van der Waals surface area (Å²) in [6.07, 6.45) is 2.48. The Balaban J connectivity index is 1.67. The molecule has 1 fully saturated rings. The van der Waals surface area contributed by atoms with Gasteiger partial charge in [0.05, 0.1) is 29.7 Å². The van der Waals surface area contributed by atoms with Gasteiger partial charge < -0.3 is 9.64 Å². The third kappa shape index (κ3) is 4.13. The van der Waals surface area contributed by atoms with Crippen LogP contribution in [-0.2, 0) is 16.1 Å². The Morgan fingerprint density at radius 1 is 1.26 bits per heavy atom. The molecule has 0 radical (unpaired) electrons. The molecule has 2 aromatic rings. The van der Waals surface area contributed by atoms with E-state index in [-0.39, 0.29) is 31.0 Å². The van der Waals surface area contributed by atoms with E-state index in [0.29, 0.717) is 17.9 Å². The largest absolute Gasteiger partial charge is 0.446 e. The molecule has 1 aliphatic carbocycles. The standard InChI is InChI=1S/C22H26F2N4O3/c1-13(2)31-21(30)27-10-14(3)28(15(4)29)19-6-5-16(7-20(19)27)17-9-25-26(11-17)12-18-8-22(18,23)24/h5-7,9,11,13-14,18H,8,10,12H2,1-4H3/t14-,18?/m0/s1. The molecule has 0 saturated heterocycles. The number of anilines is 2. The number of amides is 2. The number of nitrogens with zero attached hydrogens (tertiary/aromatic N) is 4. The number of halogens is 2. The molecule has 166 valence electrons. The van der Waals surface area contributed by atoms with Crippen molar-refractivity contribution in [2.24, 2.45) is 5.92 Å². The number of alkyl halides is 2. The zero-order chi connectivity index (χ0) is 22.5. The van der Waals surface area contributed by atoms with E-state index in [4.69, 9.17) is 4.74 Å². The summed E-state index contributed by atoms with van der Waals surface area (Å²) in [5.41, 5.74) is 2.71. The summed E-state index contributed by atoms with van der Waals surface area (Å²) in [7, 11) is 0. The highest BCUT2D eigenvalue weighted by molar-refractivity contribution is 6.03. The molecular formula is C22H26F2N4O3. The minimum Gasteiger partial charge on any atom is -0.446 e. The highest BCUT2D eigenvalue weighted by Gasteiger charge is 2.56. The summed E-state index contributed by atoms with van der Waals surface area (Å²) in [6.45, 7) is 7.40. The molecule has 2 aliphatic rings. The Hall–Kier alpha value is -2.97. The number of carbonyl (C=O) groups is 2. The molecule has 1 unspecified atom stereocenters. The number of hydrogen-bond donors (Lipinski definition) is 0. The van der Waals surface area contributed by atoms with Crippen molar-refractivity contribution >= 4 is 23.4 Å². The van der Waals surface area contributed by atoms with Gasteiger partial charge in [0.15, 0.2) is 0 Å². The monoisotopic (exact) mass is 432 g/mol. The highest BCUT2D eigenvalue weighted by Crippen LogP contribution is 2.49. The summed E-state index contributed by atoms with van der Waals surface area (Å²) < 4.78 is 33.4. The Kier molecular flexibility index (Phi) is 5.23. The molecule has 2 heterocycles. The van der Waals surface area contributed by atoms with E-state index in [1.807, 2.05) is 19.1 Å². The fourth-order valence-electron chi connectivity index (χ4n) is 4.03. The van der Waals surface area contributed by atoms with Crippen molar-refractivity contribution in [1.29, 1.82) is 0 Å². The molecule has 1 aromatic heterocycles. The molecule has 1 aromatic carbocycles. The zero-order valence-corrected chi connectivity index (χ0v) is 18.0. The second kappa shape index (κ2) is 7.62. The van der Waals surface area contributed by atoms with Gasteiger partial charge in [0.1, 0.15) is 0 Å². The average molecular weight is 432 g/mol. The van der Waals surface area contributed by atoms with Crippen molar-refractivity contribution < 1.29 is 23.1 Å². The van der Waals surface area contributed by atoms with Gasteiger partial charge in [0.25, 0.3) is 5.92 Å². The maximum Gasteiger partial charge on any atom is 0.414 e. The van der Waals surface area contributed by atoms with Crippen molar-refractivity contribution in [2.75, 3.05) is 16.3 Å². The van der Waals surface area contributed by atoms with E-state index in [1.165, 1.54) is 16.5 Å². The molecule has 4 rings (SSSR count). The highest BCUT2D eigenvalue weighted by atomic mass is 19.3. The molecular weight excluding hydrogens is 406 g/mol. The fraction of sp³-hybridized carbons (Fsp3) is 0.500. The van der Waals surface area contributed by atoms with Crippen LogP contribution in [0.3, 0.4) is 0 Å². The van der Waals surface area contributed by atoms with Crippen LogP contribution in [-0.4, -0.2) is 46.4 Å². The number of hydrogen-bond acceptors (Lipinski definition) is 4. The number of carbonyl (C=O) groups excluding carboxylic acids is 2. The quantitative estimate of drug-likeness (QED) is 0.722. The third-order valence-corrected chi connectivity index (χ3v) is 5.64. The van der Waals surface area contributed by atoms with Gasteiger partial charge in [-0.2, -0.15) is 5.10 Å². The number of rotatable bonds is 4. The van der Waals surface area contributed by atoms with Crippen LogP contribution in [0.15, 0.2) is 30.6 Å². The Labute approximate surface area is 179 Å². The summed E-state index contributed by atoms with van der Waals surface area (Å²) in [4.78, 5) is 28.2. The maximum atomic E-state index is 13.2. The first-order valence-electron chi connectivity index (χ1n) is 10.4. The predicted molar refractivity (Wildman–Crippen MR) is 112 cm³/mol. The lowest BCUT2D eigenvalue weighted by atomic mass is 10.0. The predicted octanol–water partition coefficient (Wildman–Crippen LogP) is 4.31. The number of aromatic nitrogens is 2. The van der Waals surface area contributed by atoms with E-state index in [2.05, 4.69) is 5.10 Å². The van der Waals surface area contributed by atoms with Crippen LogP contribution in [0.1, 0.15) is 34.1 Å². The van der Waals surface area contributed by atoms with Gasteiger partial charge in [-0.3, -0.25) is 14.4 Å². The summed E-state index contributed by atoms with van der Waals surface area (Å²) in [5, 5.41) is 4.21. The van der Waals surface area contributed by atoms with Gasteiger partial charge in [-0.15, -0.1) is 0 Å². The van der Waals surface area contributed by atoms with E-state index >= 15 is 0 Å². The van der Waals surface area contributed by atoms with Gasteiger partial charge >= 0.3 is 6.09 Å². The van der Waals surface area contributed by atoms with Crippen molar-refractivity contribution in [3.8, 4) is 11.1 Å². The summed E-state index contributed by atoms with van der Waals surface area (Å²) in [5.74, 6) is -3.38. The lowest BCUT2D eigenvalue weighted by Gasteiger charge is -2.40. The average Bonchev–Trinajstić information content (AvgIpc) is 3.06. The SMILES string of the molecule is CC(=O)N1c2ccc(-c3cnn(CC4CC4(F)F)c3)cc2N(C(=O)OC(C)C)C[C@@H]1C. The van der Waals surface area contributed by atoms with Gasteiger partial charge in [-0.1, -0.05) is 6.07 Å². The van der Waals surface area contributed by atoms with Gasteiger partial charge in [-0.25, -0.2) is 13.6 Å². The van der Waals surface area contributed by atoms with E-state index in [9.17, 15) is 18.4 Å². The Morgan fingerprint density at radius 2 is 1.97 bits per heavy atom. The van der Waals surface area contributed by atoms with Crippen molar-refractivity contribution in [3.05, 3.63) is 30.6 Å². The smallest absolute Gasteiger partial charge is 0.414 e. The first-order valence-corrected chi connectivity index (χ1v) is 10.4. The van der Waals surface area contributed by atoms with Crippen LogP contribution >= 0.6 is 0 Å². The molecule has 31 heavy (non-hydrogen) atoms. The Bertz CT molecular complexity index is 1020. The van der Waals surface area contributed by atoms with E-state index in [0.717, 1.165) is 11.1 Å². The topological polar surface area (TPSA) is 67.7 Å². The van der Waals surface area contributed by atoms with Crippen LogP contribution in [0, 0.1) is 5.92 Å². The van der Waals surface area contributed by atoms with Crippen LogP contribution in [0.2, 0.25) is 0 Å².